The topological polar surface area (TPSA) is 29.4 Å². The zero-order valence-corrected chi connectivity index (χ0v) is 4.16. The molecule has 0 aliphatic rings. The van der Waals surface area contributed by atoms with Crippen LogP contribution in [-0.4, -0.2) is 12.5 Å². The third kappa shape index (κ3) is 5.08. The molecule has 0 saturated heterocycles. The van der Waals surface area contributed by atoms with Crippen molar-refractivity contribution in [1.82, 2.24) is 0 Å². The van der Waals surface area contributed by atoms with E-state index in [9.17, 15) is 4.79 Å². The van der Waals surface area contributed by atoms with E-state index in [4.69, 9.17) is 0 Å². The first-order valence-corrected chi connectivity index (χ1v) is 2.00. The Morgan fingerprint density at radius 2 is 2.29 bits per heavy atom. The number of hydrogen-bond donors (Lipinski definition) is 0. The van der Waals surface area contributed by atoms with E-state index in [-0.39, 0.29) is 0 Å². The third-order valence-electron chi connectivity index (χ3n) is 0.400. The summed E-state index contributed by atoms with van der Waals surface area (Å²) in [6.07, 6.45) is 5.07. The quantitative estimate of drug-likeness (QED) is 0.284. The molecule has 0 aromatic heterocycles. The average Bonchev–Trinajstić information content (AvgIpc) is 1.69. The monoisotopic (exact) mass is 97.1 g/mol. The average molecular weight is 97.1 g/mol. The van der Waals surface area contributed by atoms with Crippen molar-refractivity contribution in [1.29, 1.82) is 0 Å². The first kappa shape index (κ1) is 6.08. The third-order valence-corrected chi connectivity index (χ3v) is 0.400. The molecule has 0 aliphatic carbocycles. The SMILES string of the molecule is CC=N/C=C/C=O. The fraction of sp³-hybridized carbons (Fsp3) is 0.200. The van der Waals surface area contributed by atoms with Crippen LogP contribution in [0, 0.1) is 0 Å². The molecule has 0 aromatic carbocycles. The smallest absolute Gasteiger partial charge is 0.144 e. The highest BCUT2D eigenvalue weighted by molar-refractivity contribution is 5.65. The number of aliphatic imine (C=N–C) groups is 1. The predicted octanol–water partition coefficient (Wildman–Crippen LogP) is 0.790. The van der Waals surface area contributed by atoms with E-state index < -0.39 is 0 Å². The zero-order chi connectivity index (χ0) is 5.54. The van der Waals surface area contributed by atoms with Crippen LogP contribution in [0.5, 0.6) is 0 Å². The molecule has 0 fully saturated rings. The molecule has 0 heterocycles. The molecule has 38 valence electrons. The summed E-state index contributed by atoms with van der Waals surface area (Å²) in [6.45, 7) is 1.79. The maximum Gasteiger partial charge on any atom is 0.144 e. The zero-order valence-electron chi connectivity index (χ0n) is 4.16. The fourth-order valence-electron chi connectivity index (χ4n) is 0.171. The van der Waals surface area contributed by atoms with Crippen LogP contribution in [-0.2, 0) is 4.79 Å². The highest BCUT2D eigenvalue weighted by Crippen LogP contribution is 1.65. The van der Waals surface area contributed by atoms with Gasteiger partial charge in [-0.1, -0.05) is 0 Å². The van der Waals surface area contributed by atoms with Crippen LogP contribution in [0.4, 0.5) is 0 Å². The predicted molar refractivity (Wildman–Crippen MR) is 29.4 cm³/mol. The molecule has 0 rings (SSSR count). The highest BCUT2D eigenvalue weighted by Gasteiger charge is 1.56. The number of allylic oxidation sites excluding steroid dienone is 1. The molecule has 0 spiro atoms. The summed E-state index contributed by atoms with van der Waals surface area (Å²) in [5, 5.41) is 0. The summed E-state index contributed by atoms with van der Waals surface area (Å²) >= 11 is 0. The Morgan fingerprint density at radius 3 is 2.71 bits per heavy atom. The van der Waals surface area contributed by atoms with E-state index in [1.165, 1.54) is 12.3 Å². The van der Waals surface area contributed by atoms with E-state index in [2.05, 4.69) is 4.99 Å². The van der Waals surface area contributed by atoms with Gasteiger partial charge in [0.15, 0.2) is 0 Å². The van der Waals surface area contributed by atoms with Crippen molar-refractivity contribution >= 4 is 12.5 Å². The largest absolute Gasteiger partial charge is 0.299 e. The summed E-state index contributed by atoms with van der Waals surface area (Å²) in [5.41, 5.74) is 0. The molecule has 0 saturated carbocycles. The Balaban J connectivity index is 3.27. The number of rotatable bonds is 2. The minimum atomic E-state index is 0.688. The van der Waals surface area contributed by atoms with Gasteiger partial charge >= 0.3 is 0 Å². The molecule has 0 bridgehead atoms. The molecule has 7 heavy (non-hydrogen) atoms. The molecule has 2 heteroatoms. The van der Waals surface area contributed by atoms with Crippen LogP contribution in [0.3, 0.4) is 0 Å². The molecule has 2 nitrogen and oxygen atoms in total. The molecule has 0 aliphatic heterocycles. The van der Waals surface area contributed by atoms with Gasteiger partial charge in [-0.2, -0.15) is 0 Å². The summed E-state index contributed by atoms with van der Waals surface area (Å²) in [6, 6.07) is 0. The van der Waals surface area contributed by atoms with Gasteiger partial charge in [-0.15, -0.1) is 0 Å². The number of aldehydes is 1. The number of carbonyl (C=O) groups excluding carboxylic acids is 1. The van der Waals surface area contributed by atoms with Crippen molar-refractivity contribution in [2.24, 2.45) is 4.99 Å². The van der Waals surface area contributed by atoms with E-state index in [1.54, 1.807) is 13.1 Å². The lowest BCUT2D eigenvalue weighted by Crippen LogP contribution is -1.57. The van der Waals surface area contributed by atoms with Crippen LogP contribution in [0.2, 0.25) is 0 Å². The van der Waals surface area contributed by atoms with Gasteiger partial charge in [0, 0.05) is 12.4 Å². The second kappa shape index (κ2) is 5.08. The minimum absolute atomic E-state index is 0.688. The van der Waals surface area contributed by atoms with Crippen molar-refractivity contribution in [3.8, 4) is 0 Å². The van der Waals surface area contributed by atoms with Crippen LogP contribution in [0.25, 0.3) is 0 Å². The van der Waals surface area contributed by atoms with Gasteiger partial charge in [-0.25, -0.2) is 0 Å². The Kier molecular flexibility index (Phi) is 4.41. The summed E-state index contributed by atoms with van der Waals surface area (Å²) in [7, 11) is 0. The van der Waals surface area contributed by atoms with Crippen LogP contribution in [0.15, 0.2) is 17.3 Å². The van der Waals surface area contributed by atoms with E-state index >= 15 is 0 Å². The van der Waals surface area contributed by atoms with E-state index in [0.717, 1.165) is 0 Å². The standard InChI is InChI=1S/C5H7NO/c1-2-6-4-3-5-7/h2-5H,1H3/b4-3+,6-2?. The lowest BCUT2D eigenvalue weighted by Gasteiger charge is -1.64. The molecule has 0 aromatic rings. The van der Waals surface area contributed by atoms with E-state index in [0.29, 0.717) is 6.29 Å². The highest BCUT2D eigenvalue weighted by atomic mass is 16.1. The first-order valence-electron chi connectivity index (χ1n) is 2.00. The number of carbonyl (C=O) groups is 1. The molecule has 0 N–H and O–H groups in total. The van der Waals surface area contributed by atoms with Gasteiger partial charge in [-0.05, 0) is 13.0 Å². The second-order valence-corrected chi connectivity index (χ2v) is 0.885. The summed E-state index contributed by atoms with van der Waals surface area (Å²) in [4.78, 5) is 13.1. The van der Waals surface area contributed by atoms with Gasteiger partial charge in [0.1, 0.15) is 6.29 Å². The van der Waals surface area contributed by atoms with Gasteiger partial charge in [0.05, 0.1) is 0 Å². The van der Waals surface area contributed by atoms with Crippen molar-refractivity contribution < 1.29 is 4.79 Å². The number of nitrogens with zero attached hydrogens (tertiary/aromatic N) is 1. The fourth-order valence-corrected chi connectivity index (χ4v) is 0.171. The summed E-state index contributed by atoms with van der Waals surface area (Å²) in [5.74, 6) is 0. The Labute approximate surface area is 42.6 Å². The molecule has 0 unspecified atom stereocenters. The molecule has 0 radical (unpaired) electrons. The van der Waals surface area contributed by atoms with Crippen molar-refractivity contribution in [3.05, 3.63) is 12.3 Å². The molecular formula is C5H7NO. The Morgan fingerprint density at radius 1 is 1.57 bits per heavy atom. The molecular weight excluding hydrogens is 90.1 g/mol. The molecule has 0 amide bonds. The minimum Gasteiger partial charge on any atom is -0.299 e. The van der Waals surface area contributed by atoms with Crippen LogP contribution >= 0.6 is 0 Å². The van der Waals surface area contributed by atoms with Crippen molar-refractivity contribution in [3.63, 3.8) is 0 Å². The van der Waals surface area contributed by atoms with Crippen LogP contribution < -0.4 is 0 Å². The maximum absolute atomic E-state index is 9.52. The Hall–Kier alpha value is -0.920. The first-order chi connectivity index (χ1) is 3.41. The molecule has 0 atom stereocenters. The lowest BCUT2D eigenvalue weighted by molar-refractivity contribution is -0.104. The second-order valence-electron chi connectivity index (χ2n) is 0.885. The van der Waals surface area contributed by atoms with Crippen molar-refractivity contribution in [2.45, 2.75) is 6.92 Å². The maximum atomic E-state index is 9.52. The van der Waals surface area contributed by atoms with E-state index in [1.807, 2.05) is 0 Å². The number of hydrogen-bond acceptors (Lipinski definition) is 2. The van der Waals surface area contributed by atoms with Crippen molar-refractivity contribution in [2.75, 3.05) is 0 Å². The van der Waals surface area contributed by atoms with Gasteiger partial charge < -0.3 is 0 Å². The van der Waals surface area contributed by atoms with Gasteiger partial charge in [-0.3, -0.25) is 9.79 Å². The van der Waals surface area contributed by atoms with Gasteiger partial charge in [0.25, 0.3) is 0 Å². The van der Waals surface area contributed by atoms with Crippen LogP contribution in [0.1, 0.15) is 6.92 Å². The normalized spacial score (nSPS) is 11.0. The Bertz CT molecular complexity index is 94.3. The lowest BCUT2D eigenvalue weighted by atomic mass is 10.7. The summed E-state index contributed by atoms with van der Waals surface area (Å²) < 4.78 is 0. The van der Waals surface area contributed by atoms with Gasteiger partial charge in [0.2, 0.25) is 0 Å².